The van der Waals surface area contributed by atoms with Crippen molar-refractivity contribution in [2.24, 2.45) is 0 Å². The monoisotopic (exact) mass is 221 g/mol. The predicted molar refractivity (Wildman–Crippen MR) is 51.7 cm³/mol. The fraction of sp³-hybridized carbons (Fsp3) is 0.875. The van der Waals surface area contributed by atoms with Crippen molar-refractivity contribution < 1.29 is 17.9 Å². The van der Waals surface area contributed by atoms with Crippen LogP contribution in [-0.2, 0) is 19.4 Å². The van der Waals surface area contributed by atoms with Gasteiger partial charge in [0.25, 0.3) is 0 Å². The molecule has 1 unspecified atom stereocenters. The molecule has 0 bridgehead atoms. The summed E-state index contributed by atoms with van der Waals surface area (Å²) < 4.78 is 27.0. The first-order chi connectivity index (χ1) is 6.53. The zero-order valence-electron chi connectivity index (χ0n) is 8.15. The number of hydrogen-bond donors (Lipinski definition) is 1. The van der Waals surface area contributed by atoms with Gasteiger partial charge in [-0.2, -0.15) is 0 Å². The summed E-state index contributed by atoms with van der Waals surface area (Å²) >= 11 is 0. The Morgan fingerprint density at radius 1 is 1.57 bits per heavy atom. The summed E-state index contributed by atoms with van der Waals surface area (Å²) in [7, 11) is -2.92. The van der Waals surface area contributed by atoms with Crippen LogP contribution in [0.2, 0.25) is 0 Å². The fourth-order valence-corrected chi connectivity index (χ4v) is 3.05. The normalized spacial score (nSPS) is 24.8. The number of sulfone groups is 1. The molecule has 1 fully saturated rings. The van der Waals surface area contributed by atoms with Gasteiger partial charge < -0.3 is 10.1 Å². The van der Waals surface area contributed by atoms with E-state index in [0.29, 0.717) is 13.0 Å². The second-order valence-corrected chi connectivity index (χ2v) is 5.53. The van der Waals surface area contributed by atoms with Crippen molar-refractivity contribution in [3.8, 4) is 0 Å². The van der Waals surface area contributed by atoms with E-state index in [2.05, 4.69) is 5.32 Å². The zero-order valence-corrected chi connectivity index (χ0v) is 8.97. The van der Waals surface area contributed by atoms with Crippen LogP contribution in [0.5, 0.6) is 0 Å². The van der Waals surface area contributed by atoms with Crippen LogP contribution in [0.15, 0.2) is 0 Å². The molecule has 1 heterocycles. The topological polar surface area (TPSA) is 72.5 Å². The summed E-state index contributed by atoms with van der Waals surface area (Å²) in [4.78, 5) is 11.1. The molecule has 1 aliphatic rings. The molecular weight excluding hydrogens is 206 g/mol. The van der Waals surface area contributed by atoms with E-state index in [4.69, 9.17) is 4.74 Å². The Bertz CT molecular complexity index is 298. The lowest BCUT2D eigenvalue weighted by atomic mass is 10.2. The van der Waals surface area contributed by atoms with Crippen LogP contribution < -0.4 is 5.32 Å². The van der Waals surface area contributed by atoms with Gasteiger partial charge in [-0.1, -0.05) is 0 Å². The predicted octanol–water partition coefficient (Wildman–Crippen LogP) is -0.674. The third-order valence-electron chi connectivity index (χ3n) is 2.03. The average molecular weight is 221 g/mol. The molecule has 0 aromatic rings. The molecule has 14 heavy (non-hydrogen) atoms. The number of carbonyl (C=O) groups excluding carboxylic acids is 1. The average Bonchev–Trinajstić information content (AvgIpc) is 2.42. The number of hydrogen-bond acceptors (Lipinski definition) is 4. The molecule has 0 saturated carbocycles. The molecule has 1 amide bonds. The molecule has 1 rings (SSSR count). The molecule has 1 saturated heterocycles. The van der Waals surface area contributed by atoms with Crippen LogP contribution in [0.25, 0.3) is 0 Å². The van der Waals surface area contributed by atoms with E-state index < -0.39 is 9.84 Å². The highest BCUT2D eigenvalue weighted by molar-refractivity contribution is 7.91. The van der Waals surface area contributed by atoms with Crippen LogP contribution >= 0.6 is 0 Å². The summed E-state index contributed by atoms with van der Waals surface area (Å²) in [6.45, 7) is 2.29. The molecule has 0 spiro atoms. The molecule has 5 nitrogen and oxygen atoms in total. The summed E-state index contributed by atoms with van der Waals surface area (Å²) in [5, 5.41) is 2.63. The first-order valence-electron chi connectivity index (χ1n) is 4.61. The van der Waals surface area contributed by atoms with Gasteiger partial charge in [0.05, 0.1) is 11.5 Å². The smallest absolute Gasteiger partial charge is 0.246 e. The van der Waals surface area contributed by atoms with Gasteiger partial charge in [0.15, 0.2) is 9.84 Å². The minimum Gasteiger partial charge on any atom is -0.372 e. The second kappa shape index (κ2) is 4.75. The first-order valence-corrected chi connectivity index (χ1v) is 6.43. The van der Waals surface area contributed by atoms with E-state index in [0.717, 1.165) is 0 Å². The Labute approximate surface area is 83.7 Å². The van der Waals surface area contributed by atoms with Gasteiger partial charge in [-0.3, -0.25) is 4.79 Å². The van der Waals surface area contributed by atoms with E-state index in [1.807, 2.05) is 0 Å². The largest absolute Gasteiger partial charge is 0.372 e. The van der Waals surface area contributed by atoms with Crippen molar-refractivity contribution in [1.29, 1.82) is 0 Å². The summed E-state index contributed by atoms with van der Waals surface area (Å²) in [6, 6.07) is -0.229. The lowest BCUT2D eigenvalue weighted by Crippen LogP contribution is -2.37. The quantitative estimate of drug-likeness (QED) is 0.683. The van der Waals surface area contributed by atoms with Gasteiger partial charge in [-0.25, -0.2) is 8.42 Å². The van der Waals surface area contributed by atoms with Crippen LogP contribution in [0, 0.1) is 0 Å². The minimum absolute atomic E-state index is 0.00699. The van der Waals surface area contributed by atoms with Gasteiger partial charge in [-0.05, 0) is 13.3 Å². The summed E-state index contributed by atoms with van der Waals surface area (Å²) in [5.41, 5.74) is 0. The number of carbonyl (C=O) groups is 1. The van der Waals surface area contributed by atoms with Gasteiger partial charge in [0.1, 0.15) is 6.61 Å². The van der Waals surface area contributed by atoms with Gasteiger partial charge >= 0.3 is 0 Å². The molecule has 1 atom stereocenters. The Kier molecular flexibility index (Phi) is 3.88. The molecule has 0 radical (unpaired) electrons. The Balaban J connectivity index is 2.29. The minimum atomic E-state index is -2.92. The van der Waals surface area contributed by atoms with Crippen molar-refractivity contribution in [3.63, 3.8) is 0 Å². The molecule has 1 N–H and O–H groups in total. The fourth-order valence-electron chi connectivity index (χ4n) is 1.37. The highest BCUT2D eigenvalue weighted by Crippen LogP contribution is 2.10. The van der Waals surface area contributed by atoms with Gasteiger partial charge in [0, 0.05) is 12.6 Å². The summed E-state index contributed by atoms with van der Waals surface area (Å²) in [5.74, 6) is -0.00813. The molecule has 1 aliphatic heterocycles. The zero-order chi connectivity index (χ0) is 10.6. The Hall–Kier alpha value is -0.620. The highest BCUT2D eigenvalue weighted by Gasteiger charge is 2.28. The van der Waals surface area contributed by atoms with Crippen LogP contribution in [-0.4, -0.2) is 45.1 Å². The maximum atomic E-state index is 11.1. The van der Waals surface area contributed by atoms with Crippen LogP contribution in [0.4, 0.5) is 0 Å². The van der Waals surface area contributed by atoms with E-state index >= 15 is 0 Å². The number of nitrogens with one attached hydrogen (secondary N) is 1. The van der Waals surface area contributed by atoms with Crippen LogP contribution in [0.1, 0.15) is 13.3 Å². The second-order valence-electron chi connectivity index (χ2n) is 3.30. The van der Waals surface area contributed by atoms with Crippen molar-refractivity contribution in [1.82, 2.24) is 5.32 Å². The van der Waals surface area contributed by atoms with Crippen LogP contribution in [0.3, 0.4) is 0 Å². The van der Waals surface area contributed by atoms with Crippen molar-refractivity contribution in [3.05, 3.63) is 0 Å². The highest BCUT2D eigenvalue weighted by atomic mass is 32.2. The van der Waals surface area contributed by atoms with E-state index in [1.54, 1.807) is 6.92 Å². The Morgan fingerprint density at radius 3 is 2.79 bits per heavy atom. The lowest BCUT2D eigenvalue weighted by Gasteiger charge is -2.10. The molecule has 82 valence electrons. The van der Waals surface area contributed by atoms with E-state index in [1.165, 1.54) is 0 Å². The van der Waals surface area contributed by atoms with Crippen molar-refractivity contribution in [2.75, 3.05) is 24.7 Å². The van der Waals surface area contributed by atoms with Crippen molar-refractivity contribution >= 4 is 15.7 Å². The Morgan fingerprint density at radius 2 is 2.29 bits per heavy atom. The standard InChI is InChI=1S/C8H15NO4S/c1-2-13-5-8(10)9-7-3-4-14(11,12)6-7/h7H,2-6H2,1H3,(H,9,10). The van der Waals surface area contributed by atoms with Crippen molar-refractivity contribution in [2.45, 2.75) is 19.4 Å². The first kappa shape index (κ1) is 11.5. The third-order valence-corrected chi connectivity index (χ3v) is 3.80. The number of amides is 1. The number of rotatable bonds is 4. The third kappa shape index (κ3) is 3.63. The molecule has 0 aromatic carbocycles. The van der Waals surface area contributed by atoms with Gasteiger partial charge in [0.2, 0.25) is 5.91 Å². The van der Waals surface area contributed by atoms with Gasteiger partial charge in [-0.15, -0.1) is 0 Å². The molecular formula is C8H15NO4S. The molecule has 6 heteroatoms. The molecule has 0 aliphatic carbocycles. The van der Waals surface area contributed by atoms with E-state index in [-0.39, 0.29) is 30.1 Å². The maximum Gasteiger partial charge on any atom is 0.246 e. The summed E-state index contributed by atoms with van der Waals surface area (Å²) in [6.07, 6.45) is 0.514. The SMILES string of the molecule is CCOCC(=O)NC1CCS(=O)(=O)C1. The lowest BCUT2D eigenvalue weighted by molar-refractivity contribution is -0.126. The number of ether oxygens (including phenoxy) is 1. The molecule has 0 aromatic heterocycles. The van der Waals surface area contributed by atoms with E-state index in [9.17, 15) is 13.2 Å². The maximum absolute atomic E-state index is 11.1.